The maximum Gasteiger partial charge on any atom is 0.289 e. The van der Waals surface area contributed by atoms with E-state index in [9.17, 15) is 4.79 Å². The van der Waals surface area contributed by atoms with E-state index in [4.69, 9.17) is 15.2 Å². The summed E-state index contributed by atoms with van der Waals surface area (Å²) in [7, 11) is 0. The summed E-state index contributed by atoms with van der Waals surface area (Å²) in [5.74, 6) is -0.0656. The number of amides is 1. The third-order valence-corrected chi connectivity index (χ3v) is 1.60. The van der Waals surface area contributed by atoms with Gasteiger partial charge in [0.25, 0.3) is 5.91 Å². The van der Waals surface area contributed by atoms with Crippen LogP contribution in [0.5, 0.6) is 0 Å². The Bertz CT molecular complexity index is 215. The maximum absolute atomic E-state index is 11.3. The number of nitrogens with two attached hydrogens (primary N) is 1. The Kier molecular flexibility index (Phi) is 3.57. The van der Waals surface area contributed by atoms with Crippen LogP contribution in [-0.4, -0.2) is 31.7 Å². The van der Waals surface area contributed by atoms with Crippen molar-refractivity contribution in [3.8, 4) is 0 Å². The van der Waals surface area contributed by atoms with Gasteiger partial charge in [-0.1, -0.05) is 0 Å². The quantitative estimate of drug-likeness (QED) is 0.613. The lowest BCUT2D eigenvalue weighted by atomic mass is 10.3. The van der Waals surface area contributed by atoms with Crippen LogP contribution in [0, 0.1) is 0 Å². The van der Waals surface area contributed by atoms with Crippen LogP contribution in [0.1, 0.15) is 6.92 Å². The van der Waals surface area contributed by atoms with Gasteiger partial charge in [-0.3, -0.25) is 4.79 Å². The van der Waals surface area contributed by atoms with E-state index in [0.717, 1.165) is 0 Å². The summed E-state index contributed by atoms with van der Waals surface area (Å²) >= 11 is 0. The lowest BCUT2D eigenvalue weighted by molar-refractivity contribution is -0.122. The van der Waals surface area contributed by atoms with Gasteiger partial charge in [-0.25, -0.2) is 0 Å². The highest BCUT2D eigenvalue weighted by molar-refractivity contribution is 5.91. The van der Waals surface area contributed by atoms with Gasteiger partial charge in [0.05, 0.1) is 0 Å². The van der Waals surface area contributed by atoms with Crippen LogP contribution in [0.25, 0.3) is 0 Å². The van der Waals surface area contributed by atoms with Gasteiger partial charge < -0.3 is 20.5 Å². The zero-order chi connectivity index (χ0) is 9.68. The van der Waals surface area contributed by atoms with Crippen molar-refractivity contribution in [2.24, 2.45) is 5.73 Å². The summed E-state index contributed by atoms with van der Waals surface area (Å²) in [5, 5.41) is 2.66. The molecule has 0 fully saturated rings. The first-order valence-electron chi connectivity index (χ1n) is 4.19. The Morgan fingerprint density at radius 2 is 2.54 bits per heavy atom. The molecule has 0 aromatic heterocycles. The topological polar surface area (TPSA) is 73.6 Å². The van der Waals surface area contributed by atoms with Crippen LogP contribution in [0.3, 0.4) is 0 Å². The fourth-order valence-electron chi connectivity index (χ4n) is 0.841. The number of nitrogens with one attached hydrogen (secondary N) is 1. The second kappa shape index (κ2) is 4.71. The van der Waals surface area contributed by atoms with E-state index in [1.54, 1.807) is 0 Å². The lowest BCUT2D eigenvalue weighted by Gasteiger charge is -2.17. The SMILES string of the molecule is C[C@H](CN)NC(=O)C1=COCCO1. The van der Waals surface area contributed by atoms with Gasteiger partial charge >= 0.3 is 0 Å². The molecule has 3 N–H and O–H groups in total. The minimum absolute atomic E-state index is 0.0565. The van der Waals surface area contributed by atoms with E-state index < -0.39 is 0 Å². The minimum Gasteiger partial charge on any atom is -0.494 e. The van der Waals surface area contributed by atoms with Gasteiger partial charge in [-0.05, 0) is 6.92 Å². The van der Waals surface area contributed by atoms with Crippen molar-refractivity contribution in [3.05, 3.63) is 12.0 Å². The van der Waals surface area contributed by atoms with Gasteiger partial charge in [0, 0.05) is 12.6 Å². The Morgan fingerprint density at radius 3 is 3.08 bits per heavy atom. The highest BCUT2D eigenvalue weighted by atomic mass is 16.6. The summed E-state index contributed by atoms with van der Waals surface area (Å²) in [4.78, 5) is 11.3. The smallest absolute Gasteiger partial charge is 0.289 e. The highest BCUT2D eigenvalue weighted by Crippen LogP contribution is 2.03. The monoisotopic (exact) mass is 186 g/mol. The zero-order valence-electron chi connectivity index (χ0n) is 7.58. The summed E-state index contributed by atoms with van der Waals surface area (Å²) in [6.07, 6.45) is 1.32. The fourth-order valence-corrected chi connectivity index (χ4v) is 0.841. The molecule has 0 unspecified atom stereocenters. The van der Waals surface area contributed by atoms with Crippen molar-refractivity contribution in [1.82, 2.24) is 5.32 Å². The molecule has 1 amide bonds. The molecule has 0 radical (unpaired) electrons. The van der Waals surface area contributed by atoms with E-state index in [1.165, 1.54) is 6.26 Å². The van der Waals surface area contributed by atoms with E-state index in [1.807, 2.05) is 6.92 Å². The molecule has 74 valence electrons. The Labute approximate surface area is 76.9 Å². The first-order valence-corrected chi connectivity index (χ1v) is 4.19. The van der Waals surface area contributed by atoms with Crippen molar-refractivity contribution in [1.29, 1.82) is 0 Å². The van der Waals surface area contributed by atoms with Gasteiger partial charge in [0.15, 0.2) is 0 Å². The fraction of sp³-hybridized carbons (Fsp3) is 0.625. The third kappa shape index (κ3) is 2.95. The van der Waals surface area contributed by atoms with E-state index in [0.29, 0.717) is 19.8 Å². The molecule has 0 saturated carbocycles. The first kappa shape index (κ1) is 9.85. The first-order chi connectivity index (χ1) is 6.24. The number of hydrogen-bond acceptors (Lipinski definition) is 4. The summed E-state index contributed by atoms with van der Waals surface area (Å²) < 4.78 is 10.0. The molecule has 1 aliphatic heterocycles. The predicted octanol–water partition coefficient (Wildman–Crippen LogP) is -0.662. The standard InChI is InChI=1S/C8H14N2O3/c1-6(4-9)10-8(11)7-5-12-2-3-13-7/h5-6H,2-4,9H2,1H3,(H,10,11)/t6-/m1/s1. The van der Waals surface area contributed by atoms with Crippen molar-refractivity contribution < 1.29 is 14.3 Å². The van der Waals surface area contributed by atoms with Crippen LogP contribution in [0.2, 0.25) is 0 Å². The second-order valence-electron chi connectivity index (χ2n) is 2.81. The largest absolute Gasteiger partial charge is 0.494 e. The highest BCUT2D eigenvalue weighted by Gasteiger charge is 2.15. The van der Waals surface area contributed by atoms with E-state index in [2.05, 4.69) is 5.32 Å². The normalized spacial score (nSPS) is 17.8. The molecule has 0 saturated heterocycles. The molecule has 13 heavy (non-hydrogen) atoms. The Balaban J connectivity index is 2.42. The summed E-state index contributed by atoms with van der Waals surface area (Å²) in [6, 6.07) is -0.0565. The molecule has 1 aliphatic rings. The molecule has 1 atom stereocenters. The Morgan fingerprint density at radius 1 is 1.77 bits per heavy atom. The van der Waals surface area contributed by atoms with Gasteiger partial charge in [0.1, 0.15) is 19.5 Å². The molecule has 0 aromatic carbocycles. The van der Waals surface area contributed by atoms with Crippen molar-refractivity contribution in [2.45, 2.75) is 13.0 Å². The van der Waals surface area contributed by atoms with E-state index in [-0.39, 0.29) is 17.7 Å². The number of ether oxygens (including phenoxy) is 2. The van der Waals surface area contributed by atoms with E-state index >= 15 is 0 Å². The lowest BCUT2D eigenvalue weighted by Crippen LogP contribution is -2.39. The average Bonchev–Trinajstić information content (AvgIpc) is 2.19. The molecular weight excluding hydrogens is 172 g/mol. The zero-order valence-corrected chi connectivity index (χ0v) is 7.58. The molecule has 5 heteroatoms. The molecule has 0 bridgehead atoms. The van der Waals surface area contributed by atoms with Gasteiger partial charge in [-0.2, -0.15) is 0 Å². The maximum atomic E-state index is 11.3. The minimum atomic E-state index is -0.280. The summed E-state index contributed by atoms with van der Waals surface area (Å²) in [5.41, 5.74) is 5.34. The number of carbonyl (C=O) groups excluding carboxylic acids is 1. The average molecular weight is 186 g/mol. The number of hydrogen-bond donors (Lipinski definition) is 2. The molecule has 5 nitrogen and oxygen atoms in total. The molecule has 1 rings (SSSR count). The van der Waals surface area contributed by atoms with Crippen LogP contribution >= 0.6 is 0 Å². The molecule has 0 spiro atoms. The number of carbonyl (C=O) groups is 1. The third-order valence-electron chi connectivity index (χ3n) is 1.60. The Hall–Kier alpha value is -1.23. The summed E-state index contributed by atoms with van der Waals surface area (Å²) in [6.45, 7) is 3.13. The van der Waals surface area contributed by atoms with Crippen LogP contribution in [0.15, 0.2) is 12.0 Å². The van der Waals surface area contributed by atoms with Gasteiger partial charge in [-0.15, -0.1) is 0 Å². The number of rotatable bonds is 3. The van der Waals surface area contributed by atoms with Crippen molar-refractivity contribution >= 4 is 5.91 Å². The molecular formula is C8H14N2O3. The molecule has 0 aromatic rings. The van der Waals surface area contributed by atoms with Crippen LogP contribution in [0.4, 0.5) is 0 Å². The van der Waals surface area contributed by atoms with Gasteiger partial charge in [0.2, 0.25) is 5.76 Å². The predicted molar refractivity (Wildman–Crippen MR) is 46.6 cm³/mol. The van der Waals surface area contributed by atoms with Crippen LogP contribution < -0.4 is 11.1 Å². The van der Waals surface area contributed by atoms with Crippen LogP contribution in [-0.2, 0) is 14.3 Å². The second-order valence-corrected chi connectivity index (χ2v) is 2.81. The molecule has 1 heterocycles. The van der Waals surface area contributed by atoms with Crippen molar-refractivity contribution in [2.75, 3.05) is 19.8 Å². The van der Waals surface area contributed by atoms with Crippen molar-refractivity contribution in [3.63, 3.8) is 0 Å². The molecule has 0 aliphatic carbocycles.